The summed E-state index contributed by atoms with van der Waals surface area (Å²) in [5, 5.41) is 3.46. The van der Waals surface area contributed by atoms with Crippen LogP contribution in [0.3, 0.4) is 0 Å². The average molecular weight is 286 g/mol. The Bertz CT molecular complexity index is 244. The lowest BCUT2D eigenvalue weighted by molar-refractivity contribution is -0.148. The summed E-state index contributed by atoms with van der Waals surface area (Å²) in [4.78, 5) is 2.40. The van der Waals surface area contributed by atoms with E-state index in [4.69, 9.17) is 18.9 Å². The van der Waals surface area contributed by atoms with Crippen LogP contribution in [-0.2, 0) is 18.9 Å². The summed E-state index contributed by atoms with van der Waals surface area (Å²) in [7, 11) is 0. The molecule has 116 valence electrons. The lowest BCUT2D eigenvalue weighted by atomic mass is 10.1. The molecule has 3 aliphatic heterocycles. The van der Waals surface area contributed by atoms with Crippen molar-refractivity contribution in [3.63, 3.8) is 0 Å². The zero-order valence-corrected chi connectivity index (χ0v) is 12.1. The highest BCUT2D eigenvalue weighted by atomic mass is 16.6. The molecule has 3 unspecified atom stereocenters. The van der Waals surface area contributed by atoms with Crippen LogP contribution in [0.2, 0.25) is 0 Å². The molecule has 3 heterocycles. The largest absolute Gasteiger partial charge is 0.379 e. The van der Waals surface area contributed by atoms with Crippen molar-refractivity contribution in [3.8, 4) is 0 Å². The van der Waals surface area contributed by atoms with Crippen molar-refractivity contribution in [2.45, 2.75) is 24.7 Å². The summed E-state index contributed by atoms with van der Waals surface area (Å²) in [5.41, 5.74) is 0. The Morgan fingerprint density at radius 3 is 2.40 bits per heavy atom. The Hall–Kier alpha value is -0.240. The molecular weight excluding hydrogens is 260 g/mol. The highest BCUT2D eigenvalue weighted by Gasteiger charge is 2.27. The van der Waals surface area contributed by atoms with Crippen molar-refractivity contribution in [3.05, 3.63) is 0 Å². The predicted molar refractivity (Wildman–Crippen MR) is 74.0 cm³/mol. The molecule has 0 spiro atoms. The van der Waals surface area contributed by atoms with Crippen molar-refractivity contribution in [1.82, 2.24) is 10.2 Å². The van der Waals surface area contributed by atoms with Gasteiger partial charge in [-0.3, -0.25) is 4.90 Å². The average Bonchev–Trinajstić information content (AvgIpc) is 2.51. The molecule has 0 saturated carbocycles. The first-order chi connectivity index (χ1) is 9.90. The van der Waals surface area contributed by atoms with E-state index >= 15 is 0 Å². The Morgan fingerprint density at radius 2 is 1.70 bits per heavy atom. The number of nitrogens with zero attached hydrogens (tertiary/aromatic N) is 1. The second-order valence-corrected chi connectivity index (χ2v) is 5.79. The van der Waals surface area contributed by atoms with Gasteiger partial charge in [0.05, 0.1) is 51.8 Å². The molecule has 0 bridgehead atoms. The molecule has 0 amide bonds. The van der Waals surface area contributed by atoms with E-state index < -0.39 is 0 Å². The number of ether oxygens (including phenoxy) is 4. The molecule has 6 heteroatoms. The lowest BCUT2D eigenvalue weighted by Gasteiger charge is -2.36. The van der Waals surface area contributed by atoms with Gasteiger partial charge in [-0.1, -0.05) is 0 Å². The van der Waals surface area contributed by atoms with Gasteiger partial charge in [0.15, 0.2) is 0 Å². The van der Waals surface area contributed by atoms with E-state index in [-0.39, 0.29) is 12.2 Å². The number of morpholine rings is 2. The first-order valence-electron chi connectivity index (χ1n) is 7.74. The fourth-order valence-electron chi connectivity index (χ4n) is 2.98. The van der Waals surface area contributed by atoms with Gasteiger partial charge in [-0.2, -0.15) is 0 Å². The molecule has 20 heavy (non-hydrogen) atoms. The normalized spacial score (nSPS) is 36.9. The molecule has 0 aromatic carbocycles. The molecule has 0 aromatic heterocycles. The van der Waals surface area contributed by atoms with Crippen molar-refractivity contribution in [1.29, 1.82) is 0 Å². The van der Waals surface area contributed by atoms with E-state index in [0.29, 0.717) is 19.3 Å². The van der Waals surface area contributed by atoms with E-state index in [0.717, 1.165) is 59.0 Å². The second kappa shape index (κ2) is 7.68. The summed E-state index contributed by atoms with van der Waals surface area (Å²) in [6, 6.07) is 0.410. The number of hydrogen-bond acceptors (Lipinski definition) is 6. The highest BCUT2D eigenvalue weighted by molar-refractivity contribution is 4.78. The molecule has 3 fully saturated rings. The topological polar surface area (TPSA) is 52.2 Å². The molecule has 0 radical (unpaired) electrons. The van der Waals surface area contributed by atoms with Crippen molar-refractivity contribution >= 4 is 0 Å². The smallest absolute Gasteiger partial charge is 0.0936 e. The molecule has 3 atom stereocenters. The maximum absolute atomic E-state index is 5.96. The van der Waals surface area contributed by atoms with Crippen molar-refractivity contribution in [2.75, 3.05) is 65.8 Å². The molecule has 0 aromatic rings. The predicted octanol–water partition coefficient (Wildman–Crippen LogP) is -0.519. The minimum Gasteiger partial charge on any atom is -0.379 e. The number of nitrogens with one attached hydrogen (secondary N) is 1. The minimum atomic E-state index is 0.204. The number of hydrogen-bond donors (Lipinski definition) is 1. The van der Waals surface area contributed by atoms with Gasteiger partial charge in [0, 0.05) is 32.2 Å². The van der Waals surface area contributed by atoms with Crippen LogP contribution < -0.4 is 5.32 Å². The van der Waals surface area contributed by atoms with Crippen LogP contribution in [0.15, 0.2) is 0 Å². The zero-order chi connectivity index (χ0) is 13.6. The van der Waals surface area contributed by atoms with Crippen molar-refractivity contribution in [2.24, 2.45) is 0 Å². The summed E-state index contributed by atoms with van der Waals surface area (Å²) in [6.45, 7) is 8.60. The van der Waals surface area contributed by atoms with E-state index in [1.54, 1.807) is 0 Å². The maximum Gasteiger partial charge on any atom is 0.0936 e. The van der Waals surface area contributed by atoms with Crippen LogP contribution in [0.4, 0.5) is 0 Å². The summed E-state index contributed by atoms with van der Waals surface area (Å²) in [6.07, 6.45) is 1.39. The third-order valence-corrected chi connectivity index (χ3v) is 4.15. The molecule has 3 saturated heterocycles. The first-order valence-corrected chi connectivity index (χ1v) is 7.74. The van der Waals surface area contributed by atoms with Crippen LogP contribution in [0.25, 0.3) is 0 Å². The molecular formula is C14H26N2O4. The first kappa shape index (κ1) is 14.7. The Balaban J connectivity index is 1.33. The van der Waals surface area contributed by atoms with E-state index in [2.05, 4.69) is 10.2 Å². The number of rotatable bonds is 4. The zero-order valence-electron chi connectivity index (χ0n) is 12.1. The summed E-state index contributed by atoms with van der Waals surface area (Å²) >= 11 is 0. The molecule has 0 aliphatic carbocycles. The standard InChI is InChI=1S/C14H26N2O4/c1-4-18-9-12(15-1)7-13-10-20-14(11-19-13)8-16-2-5-17-6-3-16/h12-15H,1-11H2. The van der Waals surface area contributed by atoms with E-state index in [9.17, 15) is 0 Å². The fraction of sp³-hybridized carbons (Fsp3) is 1.00. The second-order valence-electron chi connectivity index (χ2n) is 5.79. The van der Waals surface area contributed by atoms with Gasteiger partial charge < -0.3 is 24.3 Å². The lowest BCUT2D eigenvalue weighted by Crippen LogP contribution is -2.49. The summed E-state index contributed by atoms with van der Waals surface area (Å²) in [5.74, 6) is 0. The highest BCUT2D eigenvalue weighted by Crippen LogP contribution is 2.14. The van der Waals surface area contributed by atoms with Crippen molar-refractivity contribution < 1.29 is 18.9 Å². The Kier molecular flexibility index (Phi) is 5.64. The third-order valence-electron chi connectivity index (χ3n) is 4.15. The molecule has 3 rings (SSSR count). The molecule has 3 aliphatic rings. The third kappa shape index (κ3) is 4.38. The maximum atomic E-state index is 5.96. The van der Waals surface area contributed by atoms with Gasteiger partial charge in [0.2, 0.25) is 0 Å². The van der Waals surface area contributed by atoms with Crippen LogP contribution in [0.1, 0.15) is 6.42 Å². The van der Waals surface area contributed by atoms with Crippen LogP contribution in [-0.4, -0.2) is 89.0 Å². The van der Waals surface area contributed by atoms with Gasteiger partial charge in [-0.15, -0.1) is 0 Å². The van der Waals surface area contributed by atoms with Gasteiger partial charge in [0.1, 0.15) is 0 Å². The Labute approximate surface area is 120 Å². The summed E-state index contributed by atoms with van der Waals surface area (Å²) < 4.78 is 22.7. The van der Waals surface area contributed by atoms with Crippen LogP contribution in [0, 0.1) is 0 Å². The molecule has 1 N–H and O–H groups in total. The van der Waals surface area contributed by atoms with Gasteiger partial charge in [0.25, 0.3) is 0 Å². The van der Waals surface area contributed by atoms with Gasteiger partial charge in [-0.25, -0.2) is 0 Å². The minimum absolute atomic E-state index is 0.204. The van der Waals surface area contributed by atoms with Crippen LogP contribution >= 0.6 is 0 Å². The Morgan fingerprint density at radius 1 is 0.900 bits per heavy atom. The molecule has 6 nitrogen and oxygen atoms in total. The SMILES string of the molecule is C1COCC(CC2COC(CN3CCOCC3)CO2)N1. The quantitative estimate of drug-likeness (QED) is 0.751. The van der Waals surface area contributed by atoms with E-state index in [1.165, 1.54) is 0 Å². The van der Waals surface area contributed by atoms with E-state index in [1.807, 2.05) is 0 Å². The van der Waals surface area contributed by atoms with Crippen LogP contribution in [0.5, 0.6) is 0 Å². The fourth-order valence-corrected chi connectivity index (χ4v) is 2.98. The van der Waals surface area contributed by atoms with Gasteiger partial charge in [-0.05, 0) is 6.42 Å². The van der Waals surface area contributed by atoms with Gasteiger partial charge >= 0.3 is 0 Å². The monoisotopic (exact) mass is 286 g/mol.